The van der Waals surface area contributed by atoms with Crippen LogP contribution < -0.4 is 4.90 Å². The van der Waals surface area contributed by atoms with E-state index in [0.717, 1.165) is 5.56 Å². The number of pyridine rings is 1. The molecule has 0 aliphatic rings. The first-order valence-corrected chi connectivity index (χ1v) is 6.08. The summed E-state index contributed by atoms with van der Waals surface area (Å²) in [7, 11) is 1.84. The maximum atomic E-state index is 11.2. The molecule has 0 spiro atoms. The van der Waals surface area contributed by atoms with Gasteiger partial charge in [0.2, 0.25) is 0 Å². The van der Waals surface area contributed by atoms with E-state index in [1.54, 1.807) is 24.5 Å². The molecule has 2 rings (SSSR count). The molecule has 19 heavy (non-hydrogen) atoms. The van der Waals surface area contributed by atoms with Crippen molar-refractivity contribution in [1.82, 2.24) is 4.98 Å². The molecule has 0 fully saturated rings. The highest BCUT2D eigenvalue weighted by molar-refractivity contribution is 6.31. The molecule has 1 heterocycles. The van der Waals surface area contributed by atoms with Gasteiger partial charge >= 0.3 is 5.97 Å². The minimum absolute atomic E-state index is 0.198. The molecule has 0 amide bonds. The summed E-state index contributed by atoms with van der Waals surface area (Å²) < 4.78 is 0. The topological polar surface area (TPSA) is 53.4 Å². The number of anilines is 1. The first-order valence-electron chi connectivity index (χ1n) is 5.71. The largest absolute Gasteiger partial charge is 0.478 e. The van der Waals surface area contributed by atoms with Crippen molar-refractivity contribution < 1.29 is 9.90 Å². The van der Waals surface area contributed by atoms with Crippen LogP contribution in [0.4, 0.5) is 5.69 Å². The number of hydrogen-bond donors (Lipinski definition) is 1. The number of aromatic carboxylic acids is 1. The lowest BCUT2D eigenvalue weighted by Crippen LogP contribution is -2.19. The normalized spacial score (nSPS) is 10.2. The Balaban J connectivity index is 2.28. The van der Waals surface area contributed by atoms with E-state index in [0.29, 0.717) is 17.3 Å². The third kappa shape index (κ3) is 3.23. The number of benzene rings is 1. The molecule has 1 aromatic heterocycles. The van der Waals surface area contributed by atoms with Gasteiger partial charge < -0.3 is 10.0 Å². The van der Waals surface area contributed by atoms with Gasteiger partial charge in [0, 0.05) is 31.0 Å². The predicted octanol–water partition coefficient (Wildman–Crippen LogP) is 3.07. The second-order valence-corrected chi connectivity index (χ2v) is 4.61. The monoisotopic (exact) mass is 276 g/mol. The maximum absolute atomic E-state index is 11.2. The van der Waals surface area contributed by atoms with Crippen LogP contribution in [0.2, 0.25) is 5.02 Å². The first-order chi connectivity index (χ1) is 9.08. The van der Waals surface area contributed by atoms with Crippen LogP contribution in [-0.4, -0.2) is 23.1 Å². The molecule has 0 aliphatic heterocycles. The second kappa shape index (κ2) is 5.71. The smallest absolute Gasteiger partial charge is 0.337 e. The van der Waals surface area contributed by atoms with Crippen LogP contribution in [0.15, 0.2) is 42.7 Å². The fourth-order valence-electron chi connectivity index (χ4n) is 1.86. The highest BCUT2D eigenvalue weighted by atomic mass is 35.5. The molecule has 4 nitrogen and oxygen atoms in total. The van der Waals surface area contributed by atoms with E-state index in [4.69, 9.17) is 11.6 Å². The number of aromatic nitrogens is 1. The van der Waals surface area contributed by atoms with Gasteiger partial charge in [0.1, 0.15) is 0 Å². The quantitative estimate of drug-likeness (QED) is 0.932. The molecular weight excluding hydrogens is 264 g/mol. The Morgan fingerprint density at radius 1 is 1.32 bits per heavy atom. The fourth-order valence-corrected chi connectivity index (χ4v) is 2.03. The van der Waals surface area contributed by atoms with E-state index < -0.39 is 5.97 Å². The van der Waals surface area contributed by atoms with Crippen molar-refractivity contribution in [2.24, 2.45) is 0 Å². The van der Waals surface area contributed by atoms with Crippen molar-refractivity contribution in [2.75, 3.05) is 11.9 Å². The summed E-state index contributed by atoms with van der Waals surface area (Å²) >= 11 is 5.84. The zero-order valence-electron chi connectivity index (χ0n) is 10.4. The molecule has 0 saturated carbocycles. The second-order valence-electron chi connectivity index (χ2n) is 4.18. The van der Waals surface area contributed by atoms with Crippen molar-refractivity contribution >= 4 is 23.3 Å². The molecule has 5 heteroatoms. The van der Waals surface area contributed by atoms with E-state index >= 15 is 0 Å². The zero-order valence-corrected chi connectivity index (χ0v) is 11.1. The summed E-state index contributed by atoms with van der Waals surface area (Å²) in [5, 5.41) is 9.63. The maximum Gasteiger partial charge on any atom is 0.337 e. The number of carboxylic acid groups (broad SMARTS) is 1. The van der Waals surface area contributed by atoms with Crippen LogP contribution in [-0.2, 0) is 6.54 Å². The predicted molar refractivity (Wildman–Crippen MR) is 74.8 cm³/mol. The average Bonchev–Trinajstić information content (AvgIpc) is 2.39. The number of hydrogen-bond acceptors (Lipinski definition) is 3. The summed E-state index contributed by atoms with van der Waals surface area (Å²) in [5.41, 5.74) is 1.89. The molecule has 98 valence electrons. The van der Waals surface area contributed by atoms with Crippen molar-refractivity contribution in [3.8, 4) is 0 Å². The standard InChI is InChI=1S/C14H13ClN2O2/c1-17(9-10-4-6-16-7-5-10)13-3-2-11(15)8-12(13)14(18)19/h2-8H,9H2,1H3,(H,18,19). The Labute approximate surface area is 116 Å². The average molecular weight is 277 g/mol. The van der Waals surface area contributed by atoms with Crippen molar-refractivity contribution in [1.29, 1.82) is 0 Å². The Kier molecular flexibility index (Phi) is 4.02. The number of carbonyl (C=O) groups is 1. The van der Waals surface area contributed by atoms with Gasteiger partial charge in [-0.1, -0.05) is 11.6 Å². The third-order valence-electron chi connectivity index (χ3n) is 2.77. The highest BCUT2D eigenvalue weighted by Crippen LogP contribution is 2.24. The number of halogens is 1. The van der Waals surface area contributed by atoms with E-state index in [1.165, 1.54) is 6.07 Å². The Bertz CT molecular complexity index is 587. The van der Waals surface area contributed by atoms with Crippen molar-refractivity contribution in [2.45, 2.75) is 6.54 Å². The third-order valence-corrected chi connectivity index (χ3v) is 3.00. The van der Waals surface area contributed by atoms with Gasteiger partial charge in [-0.25, -0.2) is 4.79 Å². The molecule has 0 atom stereocenters. The molecule has 0 saturated heterocycles. The zero-order chi connectivity index (χ0) is 13.8. The van der Waals surface area contributed by atoms with Gasteiger partial charge in [-0.15, -0.1) is 0 Å². The van der Waals surface area contributed by atoms with E-state index in [-0.39, 0.29) is 5.56 Å². The van der Waals surface area contributed by atoms with Gasteiger partial charge in [0.15, 0.2) is 0 Å². The molecule has 0 unspecified atom stereocenters. The lowest BCUT2D eigenvalue weighted by atomic mass is 10.1. The Morgan fingerprint density at radius 3 is 2.63 bits per heavy atom. The lowest BCUT2D eigenvalue weighted by molar-refractivity contribution is 0.0697. The molecule has 1 aromatic carbocycles. The number of nitrogens with zero attached hydrogens (tertiary/aromatic N) is 2. The van der Waals surface area contributed by atoms with Gasteiger partial charge in [0.25, 0.3) is 0 Å². The van der Waals surface area contributed by atoms with Crippen LogP contribution in [0, 0.1) is 0 Å². The summed E-state index contributed by atoms with van der Waals surface area (Å²) in [6, 6.07) is 8.65. The number of rotatable bonds is 4. The summed E-state index contributed by atoms with van der Waals surface area (Å²) in [6.45, 7) is 0.602. The molecule has 0 radical (unpaired) electrons. The minimum atomic E-state index is -0.987. The van der Waals surface area contributed by atoms with Crippen molar-refractivity contribution in [3.05, 3.63) is 58.9 Å². The molecule has 0 bridgehead atoms. The van der Waals surface area contributed by atoms with Gasteiger partial charge in [0.05, 0.1) is 11.3 Å². The lowest BCUT2D eigenvalue weighted by Gasteiger charge is -2.21. The van der Waals surface area contributed by atoms with Crippen LogP contribution in [0.25, 0.3) is 0 Å². The van der Waals surface area contributed by atoms with E-state index in [1.807, 2.05) is 24.1 Å². The summed E-state index contributed by atoms with van der Waals surface area (Å²) in [5.74, 6) is -0.987. The van der Waals surface area contributed by atoms with Crippen LogP contribution in [0.1, 0.15) is 15.9 Å². The molecule has 0 aliphatic carbocycles. The molecular formula is C14H13ClN2O2. The highest BCUT2D eigenvalue weighted by Gasteiger charge is 2.14. The van der Waals surface area contributed by atoms with Crippen LogP contribution in [0.3, 0.4) is 0 Å². The van der Waals surface area contributed by atoms with E-state index in [9.17, 15) is 9.90 Å². The van der Waals surface area contributed by atoms with Gasteiger partial charge in [-0.05, 0) is 35.9 Å². The minimum Gasteiger partial charge on any atom is -0.478 e. The Morgan fingerprint density at radius 2 is 2.00 bits per heavy atom. The van der Waals surface area contributed by atoms with Gasteiger partial charge in [-0.3, -0.25) is 4.98 Å². The molecule has 2 aromatic rings. The molecule has 1 N–H and O–H groups in total. The Hall–Kier alpha value is -2.07. The van der Waals surface area contributed by atoms with Crippen molar-refractivity contribution in [3.63, 3.8) is 0 Å². The first kappa shape index (κ1) is 13.4. The fraction of sp³-hybridized carbons (Fsp3) is 0.143. The summed E-state index contributed by atoms with van der Waals surface area (Å²) in [6.07, 6.45) is 3.42. The van der Waals surface area contributed by atoms with Gasteiger partial charge in [-0.2, -0.15) is 0 Å². The van der Waals surface area contributed by atoms with Crippen LogP contribution in [0.5, 0.6) is 0 Å². The SMILES string of the molecule is CN(Cc1ccncc1)c1ccc(Cl)cc1C(=O)O. The van der Waals surface area contributed by atoms with E-state index in [2.05, 4.69) is 4.98 Å². The number of carboxylic acids is 1. The van der Waals surface area contributed by atoms with Crippen LogP contribution >= 0.6 is 11.6 Å². The summed E-state index contributed by atoms with van der Waals surface area (Å²) in [4.78, 5) is 17.1.